The fourth-order valence-corrected chi connectivity index (χ4v) is 3.23. The number of carbonyl (C=O) groups excluding carboxylic acids is 1. The molecule has 1 aliphatic heterocycles. The summed E-state index contributed by atoms with van der Waals surface area (Å²) in [4.78, 5) is 11.5. The zero-order valence-corrected chi connectivity index (χ0v) is 15.6. The predicted molar refractivity (Wildman–Crippen MR) is 106 cm³/mol. The molecule has 0 fully saturated rings. The van der Waals surface area contributed by atoms with E-state index in [1.54, 1.807) is 0 Å². The molecule has 0 radical (unpaired) electrons. The molecule has 2 aromatic rings. The van der Waals surface area contributed by atoms with Crippen LogP contribution in [-0.4, -0.2) is 34.8 Å². The fraction of sp³-hybridized carbons (Fsp3) is 0.381. The number of benzene rings is 2. The number of hydrogen-bond acceptors (Lipinski definition) is 5. The van der Waals surface area contributed by atoms with Crippen molar-refractivity contribution in [3.05, 3.63) is 53.1 Å². The van der Waals surface area contributed by atoms with Gasteiger partial charge in [-0.05, 0) is 44.0 Å². The van der Waals surface area contributed by atoms with Crippen molar-refractivity contribution in [3.63, 3.8) is 0 Å². The normalized spacial score (nSPS) is 14.3. The van der Waals surface area contributed by atoms with Gasteiger partial charge in [0.2, 0.25) is 0 Å². The average Bonchev–Trinajstić information content (AvgIpc) is 2.57. The molecule has 0 spiro atoms. The van der Waals surface area contributed by atoms with Gasteiger partial charge in [-0.2, -0.15) is 0 Å². The summed E-state index contributed by atoms with van der Waals surface area (Å²) < 4.78 is 32.2. The number of halogens is 2. The first-order valence-corrected chi connectivity index (χ1v) is 8.80. The van der Waals surface area contributed by atoms with E-state index >= 15 is 0 Å². The van der Waals surface area contributed by atoms with Crippen LogP contribution in [0.3, 0.4) is 0 Å². The van der Waals surface area contributed by atoms with Crippen LogP contribution >= 0.6 is 0 Å². The third kappa shape index (κ3) is 5.65. The number of phenols is 1. The maximum absolute atomic E-state index is 13.4. The summed E-state index contributed by atoms with van der Waals surface area (Å²) in [6.45, 7) is 3.61. The van der Waals surface area contributed by atoms with E-state index in [0.717, 1.165) is 6.07 Å². The highest BCUT2D eigenvalue weighted by molar-refractivity contribution is 5.96. The molecule has 1 amide bonds. The van der Waals surface area contributed by atoms with Crippen molar-refractivity contribution < 1.29 is 28.5 Å². The molecule has 2 aromatic carbocycles. The second-order valence-electron chi connectivity index (χ2n) is 7.48. The number of amides is 1. The standard InChI is InChI=1S/C20H22F2N2O4.CH4/c1-20(2,8-11-3-12(21)5-13(22)4-11)23-9-17(26)15-6-14(25)7-16-19(15)28-10-18(27)24-16;/h3-7,17,23,25-26H,8-10H2,1-2H3,(H,24,27);1H4/t17-;/m0./s1. The second-order valence-corrected chi connectivity index (χ2v) is 7.48. The first kappa shape index (κ1) is 22.6. The lowest BCUT2D eigenvalue weighted by Crippen LogP contribution is -2.43. The summed E-state index contributed by atoms with van der Waals surface area (Å²) >= 11 is 0. The van der Waals surface area contributed by atoms with Crippen LogP contribution in [0.25, 0.3) is 0 Å². The summed E-state index contributed by atoms with van der Waals surface area (Å²) in [5.41, 5.74) is 0.535. The molecule has 0 bridgehead atoms. The van der Waals surface area contributed by atoms with E-state index < -0.39 is 23.3 Å². The smallest absolute Gasteiger partial charge is 0.262 e. The summed E-state index contributed by atoms with van der Waals surface area (Å²) in [6, 6.07) is 6.07. The third-order valence-electron chi connectivity index (χ3n) is 4.43. The Morgan fingerprint density at radius 2 is 1.86 bits per heavy atom. The van der Waals surface area contributed by atoms with Gasteiger partial charge in [0, 0.05) is 29.8 Å². The number of aromatic hydroxyl groups is 1. The van der Waals surface area contributed by atoms with Crippen LogP contribution in [0.1, 0.15) is 38.5 Å². The molecule has 4 N–H and O–H groups in total. The number of ether oxygens (including phenoxy) is 1. The average molecular weight is 408 g/mol. The van der Waals surface area contributed by atoms with Gasteiger partial charge in [0.05, 0.1) is 11.8 Å². The molecule has 0 aromatic heterocycles. The van der Waals surface area contributed by atoms with Gasteiger partial charge in [0.1, 0.15) is 23.1 Å². The molecule has 6 nitrogen and oxygen atoms in total. The van der Waals surface area contributed by atoms with Gasteiger partial charge < -0.3 is 25.6 Å². The molecule has 0 saturated heterocycles. The van der Waals surface area contributed by atoms with Crippen LogP contribution in [0.4, 0.5) is 14.5 Å². The highest BCUT2D eigenvalue weighted by Gasteiger charge is 2.26. The number of rotatable bonds is 6. The minimum atomic E-state index is -1.04. The van der Waals surface area contributed by atoms with Crippen molar-refractivity contribution in [1.29, 1.82) is 0 Å². The number of aliphatic hydroxyl groups excluding tert-OH is 1. The number of hydrogen-bond donors (Lipinski definition) is 4. The van der Waals surface area contributed by atoms with Crippen molar-refractivity contribution in [1.82, 2.24) is 5.32 Å². The lowest BCUT2D eigenvalue weighted by molar-refractivity contribution is -0.118. The van der Waals surface area contributed by atoms with Gasteiger partial charge in [-0.3, -0.25) is 4.79 Å². The summed E-state index contributed by atoms with van der Waals surface area (Å²) in [5, 5.41) is 26.2. The highest BCUT2D eigenvalue weighted by Crippen LogP contribution is 2.38. The Kier molecular flexibility index (Phi) is 6.81. The van der Waals surface area contributed by atoms with Crippen LogP contribution in [-0.2, 0) is 11.2 Å². The fourth-order valence-electron chi connectivity index (χ4n) is 3.23. The highest BCUT2D eigenvalue weighted by atomic mass is 19.1. The molecule has 0 aliphatic carbocycles. The van der Waals surface area contributed by atoms with Crippen LogP contribution in [0, 0.1) is 11.6 Å². The minimum Gasteiger partial charge on any atom is -0.508 e. The largest absolute Gasteiger partial charge is 0.508 e. The number of anilines is 1. The van der Waals surface area contributed by atoms with E-state index in [4.69, 9.17) is 4.74 Å². The molecule has 1 atom stereocenters. The Bertz CT molecular complexity index is 882. The van der Waals surface area contributed by atoms with Gasteiger partial charge in [-0.15, -0.1) is 0 Å². The first-order chi connectivity index (χ1) is 13.1. The van der Waals surface area contributed by atoms with Crippen LogP contribution in [0.5, 0.6) is 11.5 Å². The van der Waals surface area contributed by atoms with E-state index in [9.17, 15) is 23.8 Å². The maximum Gasteiger partial charge on any atom is 0.262 e. The minimum absolute atomic E-state index is 0. The van der Waals surface area contributed by atoms with Gasteiger partial charge in [-0.1, -0.05) is 7.43 Å². The van der Waals surface area contributed by atoms with E-state index in [0.29, 0.717) is 29.0 Å². The van der Waals surface area contributed by atoms with E-state index in [1.807, 2.05) is 13.8 Å². The molecular formula is C21H26F2N2O4. The van der Waals surface area contributed by atoms with Crippen LogP contribution in [0.2, 0.25) is 0 Å². The number of phenolic OH excluding ortho intramolecular Hbond substituents is 1. The SMILES string of the molecule is C.CC(C)(Cc1cc(F)cc(F)c1)NC[C@H](O)c1cc(O)cc2c1OCC(=O)N2. The molecule has 0 unspecified atom stereocenters. The molecule has 29 heavy (non-hydrogen) atoms. The van der Waals surface area contributed by atoms with Gasteiger partial charge >= 0.3 is 0 Å². The van der Waals surface area contributed by atoms with Crippen molar-refractivity contribution in [2.24, 2.45) is 0 Å². The molecule has 1 aliphatic rings. The predicted octanol–water partition coefficient (Wildman–Crippen LogP) is 3.28. The Labute approximate surface area is 168 Å². The lowest BCUT2D eigenvalue weighted by Gasteiger charge is -2.29. The van der Waals surface area contributed by atoms with Gasteiger partial charge in [-0.25, -0.2) is 8.78 Å². The molecular weight excluding hydrogens is 382 g/mol. The Morgan fingerprint density at radius 1 is 1.21 bits per heavy atom. The Hall–Kier alpha value is -2.71. The number of nitrogens with one attached hydrogen (secondary N) is 2. The second kappa shape index (κ2) is 8.75. The van der Waals surface area contributed by atoms with Gasteiger partial charge in [0.25, 0.3) is 5.91 Å². The van der Waals surface area contributed by atoms with E-state index in [1.165, 1.54) is 24.3 Å². The number of β-amino-alcohol motifs (C(OH)–C–C–N with tert-alkyl or cyclic N) is 1. The molecule has 158 valence electrons. The number of fused-ring (bicyclic) bond motifs is 1. The third-order valence-corrected chi connectivity index (χ3v) is 4.43. The lowest BCUT2D eigenvalue weighted by atomic mass is 9.94. The quantitative estimate of drug-likeness (QED) is 0.589. The van der Waals surface area contributed by atoms with Crippen molar-refractivity contribution in [2.75, 3.05) is 18.5 Å². The summed E-state index contributed by atoms with van der Waals surface area (Å²) in [6.07, 6.45) is -0.710. The molecule has 3 rings (SSSR count). The zero-order valence-electron chi connectivity index (χ0n) is 15.6. The molecule has 0 saturated carbocycles. The summed E-state index contributed by atoms with van der Waals surface area (Å²) in [5.74, 6) is -1.45. The zero-order chi connectivity index (χ0) is 20.5. The van der Waals surface area contributed by atoms with E-state index in [2.05, 4.69) is 10.6 Å². The summed E-state index contributed by atoms with van der Waals surface area (Å²) in [7, 11) is 0. The van der Waals surface area contributed by atoms with Crippen LogP contribution in [0.15, 0.2) is 30.3 Å². The van der Waals surface area contributed by atoms with Crippen molar-refractivity contribution in [2.45, 2.75) is 39.3 Å². The maximum atomic E-state index is 13.4. The van der Waals surface area contributed by atoms with Gasteiger partial charge in [0.15, 0.2) is 6.61 Å². The Balaban J connectivity index is 0.00000300. The van der Waals surface area contributed by atoms with Crippen molar-refractivity contribution >= 4 is 11.6 Å². The number of carbonyl (C=O) groups is 1. The monoisotopic (exact) mass is 408 g/mol. The molecule has 8 heteroatoms. The Morgan fingerprint density at radius 3 is 2.52 bits per heavy atom. The first-order valence-electron chi connectivity index (χ1n) is 8.80. The topological polar surface area (TPSA) is 90.8 Å². The van der Waals surface area contributed by atoms with E-state index in [-0.39, 0.29) is 32.2 Å². The molecule has 1 heterocycles. The van der Waals surface area contributed by atoms with Crippen LogP contribution < -0.4 is 15.4 Å². The van der Waals surface area contributed by atoms with Crippen molar-refractivity contribution in [3.8, 4) is 11.5 Å². The number of aliphatic hydroxyl groups is 1.